The second kappa shape index (κ2) is 9.67. The van der Waals surface area contributed by atoms with E-state index in [-0.39, 0.29) is 5.75 Å². The SMILES string of the molecule is CC(C)c1ccccc1-n1c(SCCS(=O)(=O)c2ccccc2)nnc1-c1cccnc1. The molecule has 4 rings (SSSR count). The fraction of sp³-hybridized carbons (Fsp3) is 0.208. The topological polar surface area (TPSA) is 77.7 Å². The zero-order valence-electron chi connectivity index (χ0n) is 17.9. The highest BCUT2D eigenvalue weighted by Gasteiger charge is 2.21. The van der Waals surface area contributed by atoms with Gasteiger partial charge in [0.15, 0.2) is 20.8 Å². The van der Waals surface area contributed by atoms with E-state index in [2.05, 4.69) is 35.1 Å². The molecule has 0 spiro atoms. The molecule has 0 N–H and O–H groups in total. The van der Waals surface area contributed by atoms with Crippen molar-refractivity contribution in [1.29, 1.82) is 0 Å². The molecule has 4 aromatic rings. The maximum Gasteiger partial charge on any atom is 0.196 e. The Labute approximate surface area is 192 Å². The van der Waals surface area contributed by atoms with Gasteiger partial charge in [-0.05, 0) is 41.8 Å². The van der Waals surface area contributed by atoms with Gasteiger partial charge in [-0.25, -0.2) is 8.42 Å². The zero-order chi connectivity index (χ0) is 22.6. The largest absolute Gasteiger partial charge is 0.270 e. The number of para-hydroxylation sites is 1. The van der Waals surface area contributed by atoms with Crippen LogP contribution in [0, 0.1) is 0 Å². The molecule has 0 fully saturated rings. The third kappa shape index (κ3) is 4.76. The van der Waals surface area contributed by atoms with Crippen molar-refractivity contribution in [3.05, 3.63) is 84.7 Å². The first kappa shape index (κ1) is 22.2. The van der Waals surface area contributed by atoms with Gasteiger partial charge in [0.1, 0.15) is 0 Å². The Hall–Kier alpha value is -2.97. The van der Waals surface area contributed by atoms with Crippen LogP contribution < -0.4 is 0 Å². The molecule has 2 aromatic heterocycles. The van der Waals surface area contributed by atoms with Gasteiger partial charge >= 0.3 is 0 Å². The number of aromatic nitrogens is 4. The summed E-state index contributed by atoms with van der Waals surface area (Å²) < 4.78 is 27.4. The quantitative estimate of drug-likeness (QED) is 0.341. The lowest BCUT2D eigenvalue weighted by Gasteiger charge is -2.16. The lowest BCUT2D eigenvalue weighted by Crippen LogP contribution is -2.10. The average molecular weight is 465 g/mol. The van der Waals surface area contributed by atoms with Crippen molar-refractivity contribution in [3.63, 3.8) is 0 Å². The average Bonchev–Trinajstić information content (AvgIpc) is 3.24. The van der Waals surface area contributed by atoms with Gasteiger partial charge in [0.25, 0.3) is 0 Å². The molecule has 32 heavy (non-hydrogen) atoms. The Bertz CT molecular complexity index is 1290. The summed E-state index contributed by atoms with van der Waals surface area (Å²) in [5, 5.41) is 9.51. The van der Waals surface area contributed by atoms with Crippen LogP contribution in [0.25, 0.3) is 17.1 Å². The van der Waals surface area contributed by atoms with Crippen LogP contribution >= 0.6 is 11.8 Å². The first-order valence-corrected chi connectivity index (χ1v) is 13.0. The van der Waals surface area contributed by atoms with Crippen molar-refractivity contribution in [1.82, 2.24) is 19.7 Å². The number of hydrogen-bond donors (Lipinski definition) is 0. The van der Waals surface area contributed by atoms with Crippen LogP contribution in [0.3, 0.4) is 0 Å². The fourth-order valence-corrected chi connectivity index (χ4v) is 6.04. The number of thioether (sulfide) groups is 1. The third-order valence-electron chi connectivity index (χ3n) is 5.04. The van der Waals surface area contributed by atoms with Crippen molar-refractivity contribution in [2.45, 2.75) is 29.8 Å². The number of sulfone groups is 1. The minimum Gasteiger partial charge on any atom is -0.270 e. The molecule has 0 unspecified atom stereocenters. The van der Waals surface area contributed by atoms with Crippen molar-refractivity contribution < 1.29 is 8.42 Å². The van der Waals surface area contributed by atoms with E-state index in [1.807, 2.05) is 41.0 Å². The standard InChI is InChI=1S/C24H24N4O2S2/c1-18(2)21-12-6-7-13-22(21)28-23(19-9-8-14-25-17-19)26-27-24(28)31-15-16-32(29,30)20-10-4-3-5-11-20/h3-14,17-18H,15-16H2,1-2H3. The van der Waals surface area contributed by atoms with E-state index in [0.717, 1.165) is 16.8 Å². The number of benzene rings is 2. The van der Waals surface area contributed by atoms with E-state index in [0.29, 0.717) is 27.5 Å². The summed E-state index contributed by atoms with van der Waals surface area (Å²) in [4.78, 5) is 4.56. The predicted octanol–water partition coefficient (Wildman–Crippen LogP) is 5.02. The van der Waals surface area contributed by atoms with E-state index >= 15 is 0 Å². The van der Waals surface area contributed by atoms with E-state index in [9.17, 15) is 8.42 Å². The van der Waals surface area contributed by atoms with E-state index < -0.39 is 9.84 Å². The molecule has 0 saturated heterocycles. The molecule has 2 heterocycles. The van der Waals surface area contributed by atoms with E-state index in [1.54, 1.807) is 36.7 Å². The molecular weight excluding hydrogens is 440 g/mol. The maximum absolute atomic E-state index is 12.7. The van der Waals surface area contributed by atoms with Gasteiger partial charge in [0.2, 0.25) is 0 Å². The summed E-state index contributed by atoms with van der Waals surface area (Å²) in [6, 6.07) is 20.5. The molecule has 164 valence electrons. The Morgan fingerprint density at radius 1 is 0.938 bits per heavy atom. The van der Waals surface area contributed by atoms with E-state index in [1.165, 1.54) is 11.8 Å². The normalized spacial score (nSPS) is 11.7. The predicted molar refractivity (Wildman–Crippen MR) is 128 cm³/mol. The van der Waals surface area contributed by atoms with Gasteiger partial charge in [-0.1, -0.05) is 62.0 Å². The summed E-state index contributed by atoms with van der Waals surface area (Å²) in [5.74, 6) is 1.36. The number of rotatable bonds is 8. The Morgan fingerprint density at radius 2 is 1.69 bits per heavy atom. The molecule has 0 aliphatic rings. The van der Waals surface area contributed by atoms with Gasteiger partial charge in [-0.3, -0.25) is 9.55 Å². The van der Waals surface area contributed by atoms with Crippen molar-refractivity contribution in [2.75, 3.05) is 11.5 Å². The highest BCUT2D eigenvalue weighted by Crippen LogP contribution is 2.32. The zero-order valence-corrected chi connectivity index (χ0v) is 19.6. The fourth-order valence-electron chi connectivity index (χ4n) is 3.43. The van der Waals surface area contributed by atoms with Gasteiger partial charge in [-0.15, -0.1) is 10.2 Å². The minimum absolute atomic E-state index is 0.0165. The highest BCUT2D eigenvalue weighted by atomic mass is 32.2. The van der Waals surface area contributed by atoms with Crippen LogP contribution in [0.4, 0.5) is 0 Å². The van der Waals surface area contributed by atoms with Gasteiger partial charge in [0.05, 0.1) is 16.3 Å². The van der Waals surface area contributed by atoms with Crippen LogP contribution in [0.5, 0.6) is 0 Å². The number of hydrogen-bond acceptors (Lipinski definition) is 6. The first-order valence-electron chi connectivity index (χ1n) is 10.3. The Morgan fingerprint density at radius 3 is 2.41 bits per heavy atom. The molecule has 0 aliphatic heterocycles. The molecule has 2 aromatic carbocycles. The van der Waals surface area contributed by atoms with Crippen LogP contribution in [-0.4, -0.2) is 39.7 Å². The molecule has 0 aliphatic carbocycles. The highest BCUT2D eigenvalue weighted by molar-refractivity contribution is 8.00. The van der Waals surface area contributed by atoms with Crippen LogP contribution in [-0.2, 0) is 9.84 Å². The van der Waals surface area contributed by atoms with Crippen LogP contribution in [0.15, 0.2) is 89.2 Å². The summed E-state index contributed by atoms with van der Waals surface area (Å²) >= 11 is 1.39. The molecule has 0 bridgehead atoms. The maximum atomic E-state index is 12.7. The van der Waals surface area contributed by atoms with Gasteiger partial charge in [0, 0.05) is 23.7 Å². The number of nitrogens with zero attached hydrogens (tertiary/aromatic N) is 4. The van der Waals surface area contributed by atoms with Crippen molar-refractivity contribution >= 4 is 21.6 Å². The summed E-state index contributed by atoms with van der Waals surface area (Å²) in [7, 11) is -3.36. The van der Waals surface area contributed by atoms with Crippen LogP contribution in [0.2, 0.25) is 0 Å². The molecule has 0 atom stereocenters. The van der Waals surface area contributed by atoms with Crippen LogP contribution in [0.1, 0.15) is 25.3 Å². The summed E-state index contributed by atoms with van der Waals surface area (Å²) in [6.07, 6.45) is 3.48. The number of pyridine rings is 1. The molecule has 0 radical (unpaired) electrons. The van der Waals surface area contributed by atoms with Crippen molar-refractivity contribution in [2.24, 2.45) is 0 Å². The van der Waals surface area contributed by atoms with Gasteiger partial charge in [-0.2, -0.15) is 0 Å². The van der Waals surface area contributed by atoms with E-state index in [4.69, 9.17) is 0 Å². The lowest BCUT2D eigenvalue weighted by atomic mass is 10.0. The smallest absolute Gasteiger partial charge is 0.196 e. The molecule has 0 amide bonds. The lowest BCUT2D eigenvalue weighted by molar-refractivity contribution is 0.597. The Balaban J connectivity index is 1.69. The molecule has 6 nitrogen and oxygen atoms in total. The summed E-state index contributed by atoms with van der Waals surface area (Å²) in [5.41, 5.74) is 3.00. The monoisotopic (exact) mass is 464 g/mol. The minimum atomic E-state index is -3.36. The molecule has 8 heteroatoms. The summed E-state index contributed by atoms with van der Waals surface area (Å²) in [6.45, 7) is 4.29. The second-order valence-corrected chi connectivity index (χ2v) is 10.7. The van der Waals surface area contributed by atoms with Gasteiger partial charge < -0.3 is 0 Å². The molecule has 0 saturated carbocycles. The first-order chi connectivity index (χ1) is 15.5. The third-order valence-corrected chi connectivity index (χ3v) is 7.96. The Kier molecular flexibility index (Phi) is 6.72. The van der Waals surface area contributed by atoms with Crippen molar-refractivity contribution in [3.8, 4) is 17.1 Å². The second-order valence-electron chi connectivity index (χ2n) is 7.58. The molecular formula is C24H24N4O2S2.